The fraction of sp³-hybridized carbons (Fsp3) is 0.320. The Labute approximate surface area is 187 Å². The minimum absolute atomic E-state index is 0.0655. The molecule has 2 aromatic carbocycles. The molecule has 0 saturated heterocycles. The third-order valence-electron chi connectivity index (χ3n) is 5.79. The Balaban J connectivity index is 1.57. The number of carbonyl (C=O) groups excluding carboxylic acids is 2. The smallest absolute Gasteiger partial charge is 0.407 e. The van der Waals surface area contributed by atoms with Crippen LogP contribution in [-0.2, 0) is 14.3 Å². The van der Waals surface area contributed by atoms with E-state index < -0.39 is 36.0 Å². The Kier molecular flexibility index (Phi) is 7.16. The summed E-state index contributed by atoms with van der Waals surface area (Å²) < 4.78 is 5.50. The number of hydrogen-bond donors (Lipinski definition) is 3. The summed E-state index contributed by atoms with van der Waals surface area (Å²) in [6, 6.07) is 14.3. The summed E-state index contributed by atoms with van der Waals surface area (Å²) in [7, 11) is 0. The van der Waals surface area contributed by atoms with E-state index in [1.54, 1.807) is 13.8 Å². The summed E-state index contributed by atoms with van der Waals surface area (Å²) in [4.78, 5) is 36.0. The molecule has 3 unspecified atom stereocenters. The Morgan fingerprint density at radius 1 is 1.03 bits per heavy atom. The molecule has 0 aliphatic heterocycles. The average Bonchev–Trinajstić information content (AvgIpc) is 3.10. The number of nitrogens with one attached hydrogen (secondary N) is 2. The van der Waals surface area contributed by atoms with E-state index in [2.05, 4.69) is 28.7 Å². The molecule has 0 heterocycles. The Morgan fingerprint density at radius 3 is 2.12 bits per heavy atom. The van der Waals surface area contributed by atoms with Crippen molar-refractivity contribution in [2.45, 2.75) is 38.3 Å². The maximum absolute atomic E-state index is 12.4. The highest BCUT2D eigenvalue weighted by atomic mass is 16.5. The fourth-order valence-electron chi connectivity index (χ4n) is 3.80. The van der Waals surface area contributed by atoms with Crippen LogP contribution in [0.3, 0.4) is 0 Å². The van der Waals surface area contributed by atoms with E-state index in [0.29, 0.717) is 0 Å². The van der Waals surface area contributed by atoms with Crippen molar-refractivity contribution in [1.82, 2.24) is 10.6 Å². The monoisotopic (exact) mass is 434 g/mol. The number of carboxylic acids is 1. The number of aliphatic carboxylic acids is 1. The summed E-state index contributed by atoms with van der Waals surface area (Å²) in [5.74, 6) is -0.246. The van der Waals surface area contributed by atoms with Crippen molar-refractivity contribution in [3.8, 4) is 23.5 Å². The van der Waals surface area contributed by atoms with Crippen molar-refractivity contribution in [3.05, 3.63) is 59.7 Å². The van der Waals surface area contributed by atoms with Gasteiger partial charge in [0, 0.05) is 18.4 Å². The molecule has 0 bridgehead atoms. The van der Waals surface area contributed by atoms with Gasteiger partial charge in [-0.3, -0.25) is 4.79 Å². The van der Waals surface area contributed by atoms with Crippen LogP contribution in [0.15, 0.2) is 48.5 Å². The molecule has 32 heavy (non-hydrogen) atoms. The van der Waals surface area contributed by atoms with Gasteiger partial charge in [-0.05, 0) is 29.2 Å². The lowest BCUT2D eigenvalue weighted by Gasteiger charge is -2.23. The van der Waals surface area contributed by atoms with Crippen LogP contribution in [0.25, 0.3) is 11.1 Å². The van der Waals surface area contributed by atoms with Gasteiger partial charge in [-0.1, -0.05) is 55.5 Å². The minimum Gasteiger partial charge on any atom is -0.480 e. The van der Waals surface area contributed by atoms with Crippen molar-refractivity contribution < 1.29 is 24.2 Å². The predicted molar refractivity (Wildman–Crippen MR) is 120 cm³/mol. The zero-order chi connectivity index (χ0) is 23.3. The molecule has 0 radical (unpaired) electrons. The van der Waals surface area contributed by atoms with Crippen LogP contribution >= 0.6 is 0 Å². The zero-order valence-corrected chi connectivity index (χ0v) is 18.0. The Bertz CT molecular complexity index is 1010. The Morgan fingerprint density at radius 2 is 1.59 bits per heavy atom. The topological polar surface area (TPSA) is 105 Å². The molecular weight excluding hydrogens is 408 g/mol. The first-order valence-corrected chi connectivity index (χ1v) is 10.4. The lowest BCUT2D eigenvalue weighted by molar-refractivity contribution is -0.142. The van der Waals surface area contributed by atoms with Crippen molar-refractivity contribution in [2.75, 3.05) is 6.61 Å². The van der Waals surface area contributed by atoms with E-state index in [1.165, 1.54) is 0 Å². The van der Waals surface area contributed by atoms with Crippen molar-refractivity contribution >= 4 is 18.0 Å². The molecular formula is C25H26N2O5. The number of amides is 2. The van der Waals surface area contributed by atoms with Crippen molar-refractivity contribution in [2.24, 2.45) is 5.92 Å². The van der Waals surface area contributed by atoms with E-state index in [9.17, 15) is 14.4 Å². The zero-order valence-electron chi connectivity index (χ0n) is 18.0. The van der Waals surface area contributed by atoms with Crippen LogP contribution in [0.5, 0.6) is 0 Å². The second-order valence-electron chi connectivity index (χ2n) is 7.85. The number of fused-ring (bicyclic) bond motifs is 3. The number of alkyl carbamates (subject to hydrolysis) is 1. The van der Waals surface area contributed by atoms with Crippen LogP contribution < -0.4 is 10.6 Å². The van der Waals surface area contributed by atoms with E-state index in [4.69, 9.17) is 16.3 Å². The third-order valence-corrected chi connectivity index (χ3v) is 5.79. The van der Waals surface area contributed by atoms with Crippen LogP contribution in [-0.4, -0.2) is 41.8 Å². The molecule has 7 heteroatoms. The van der Waals surface area contributed by atoms with Crippen molar-refractivity contribution in [3.63, 3.8) is 0 Å². The Hall–Kier alpha value is -3.79. The molecule has 3 rings (SSSR count). The molecule has 3 N–H and O–H groups in total. The van der Waals surface area contributed by atoms with Gasteiger partial charge in [0.2, 0.25) is 5.91 Å². The molecule has 0 aromatic heterocycles. The first-order chi connectivity index (χ1) is 15.3. The fourth-order valence-corrected chi connectivity index (χ4v) is 3.80. The number of rotatable bonds is 8. The summed E-state index contributed by atoms with van der Waals surface area (Å²) in [5.41, 5.74) is 4.48. The van der Waals surface area contributed by atoms with Gasteiger partial charge in [0.25, 0.3) is 0 Å². The molecule has 1 aliphatic carbocycles. The lowest BCUT2D eigenvalue weighted by Crippen LogP contribution is -2.48. The number of hydrogen-bond acceptors (Lipinski definition) is 4. The van der Waals surface area contributed by atoms with Gasteiger partial charge in [-0.25, -0.2) is 9.59 Å². The maximum atomic E-state index is 12.4. The molecule has 0 spiro atoms. The summed E-state index contributed by atoms with van der Waals surface area (Å²) in [6.07, 6.45) is 4.39. The van der Waals surface area contributed by atoms with Crippen LogP contribution in [0.4, 0.5) is 4.79 Å². The standard InChI is InChI=1S/C25H26N2O5/c1-4-9-22(24(29)30)27-23(28)15(2)16(3)26-25(31)32-14-21-19-12-7-5-10-17(19)18-11-6-8-13-20(18)21/h1,5-8,10-13,15-16,21-22H,9,14H2,2-3H3,(H,26,31)(H,27,28)(H,29,30). The minimum atomic E-state index is -1.21. The molecule has 1 aliphatic rings. The summed E-state index contributed by atoms with van der Waals surface area (Å²) in [6.45, 7) is 3.41. The van der Waals surface area contributed by atoms with Gasteiger partial charge in [-0.2, -0.15) is 0 Å². The van der Waals surface area contributed by atoms with Crippen LogP contribution in [0, 0.1) is 18.3 Å². The van der Waals surface area contributed by atoms with Gasteiger partial charge in [0.15, 0.2) is 0 Å². The highest BCUT2D eigenvalue weighted by molar-refractivity contribution is 5.85. The lowest BCUT2D eigenvalue weighted by atomic mass is 9.98. The molecule has 0 fully saturated rings. The number of terminal acetylenes is 1. The number of benzene rings is 2. The van der Waals surface area contributed by atoms with E-state index >= 15 is 0 Å². The highest BCUT2D eigenvalue weighted by Crippen LogP contribution is 2.44. The molecule has 166 valence electrons. The molecule has 3 atom stereocenters. The molecule has 7 nitrogen and oxygen atoms in total. The van der Waals surface area contributed by atoms with Gasteiger partial charge < -0.3 is 20.5 Å². The van der Waals surface area contributed by atoms with Crippen LogP contribution in [0.1, 0.15) is 37.3 Å². The van der Waals surface area contributed by atoms with Gasteiger partial charge in [-0.15, -0.1) is 12.3 Å². The first-order valence-electron chi connectivity index (χ1n) is 10.4. The summed E-state index contributed by atoms with van der Waals surface area (Å²) in [5, 5.41) is 14.2. The normalized spacial score (nSPS) is 14.8. The molecule has 0 saturated carbocycles. The number of carbonyl (C=O) groups is 3. The highest BCUT2D eigenvalue weighted by Gasteiger charge is 2.30. The number of carboxylic acid groups (broad SMARTS) is 1. The average molecular weight is 434 g/mol. The van der Waals surface area contributed by atoms with Gasteiger partial charge >= 0.3 is 12.1 Å². The first kappa shape index (κ1) is 22.9. The second-order valence-corrected chi connectivity index (χ2v) is 7.85. The van der Waals surface area contributed by atoms with Crippen molar-refractivity contribution in [1.29, 1.82) is 0 Å². The predicted octanol–water partition coefficient (Wildman–Crippen LogP) is 3.14. The van der Waals surface area contributed by atoms with Gasteiger partial charge in [0.1, 0.15) is 12.6 Å². The molecule has 2 aromatic rings. The van der Waals surface area contributed by atoms with E-state index in [1.807, 2.05) is 36.4 Å². The van der Waals surface area contributed by atoms with E-state index in [-0.39, 0.29) is 18.9 Å². The van der Waals surface area contributed by atoms with E-state index in [0.717, 1.165) is 22.3 Å². The molecule has 2 amide bonds. The number of ether oxygens (including phenoxy) is 1. The third kappa shape index (κ3) is 4.92. The SMILES string of the molecule is C#CCC(NC(=O)C(C)C(C)NC(=O)OCC1c2ccccc2-c2ccccc21)C(=O)O. The second kappa shape index (κ2) is 10.0. The van der Waals surface area contributed by atoms with Crippen LogP contribution in [0.2, 0.25) is 0 Å². The quantitative estimate of drug-likeness (QED) is 0.554. The largest absolute Gasteiger partial charge is 0.480 e. The summed E-state index contributed by atoms with van der Waals surface area (Å²) >= 11 is 0. The maximum Gasteiger partial charge on any atom is 0.407 e. The van der Waals surface area contributed by atoms with Gasteiger partial charge in [0.05, 0.1) is 5.92 Å².